The SMILES string of the molecule is C=CCOC(=O)N[C@@H](Cc1ccc(C#N)cc1)C(=O)O. The summed E-state index contributed by atoms with van der Waals surface area (Å²) in [7, 11) is 0. The fourth-order valence-corrected chi connectivity index (χ4v) is 1.47. The Kier molecular flexibility index (Phi) is 5.78. The van der Waals surface area contributed by atoms with Crippen LogP contribution in [0.3, 0.4) is 0 Å². The molecule has 0 aliphatic carbocycles. The molecule has 2 N–H and O–H groups in total. The molecule has 20 heavy (non-hydrogen) atoms. The summed E-state index contributed by atoms with van der Waals surface area (Å²) >= 11 is 0. The minimum Gasteiger partial charge on any atom is -0.480 e. The number of carboxylic acid groups (broad SMARTS) is 1. The number of nitrogens with zero attached hydrogens (tertiary/aromatic N) is 1. The van der Waals surface area contributed by atoms with Crippen molar-refractivity contribution in [3.63, 3.8) is 0 Å². The maximum absolute atomic E-state index is 11.3. The van der Waals surface area contributed by atoms with Crippen LogP contribution in [0.5, 0.6) is 0 Å². The second kappa shape index (κ2) is 7.59. The normalized spacial score (nSPS) is 10.9. The summed E-state index contributed by atoms with van der Waals surface area (Å²) in [5.74, 6) is -1.16. The highest BCUT2D eigenvalue weighted by Gasteiger charge is 2.20. The maximum atomic E-state index is 11.3. The van der Waals surface area contributed by atoms with E-state index in [1.807, 2.05) is 6.07 Å². The molecule has 0 unspecified atom stereocenters. The summed E-state index contributed by atoms with van der Waals surface area (Å²) in [6.45, 7) is 3.39. The lowest BCUT2D eigenvalue weighted by Gasteiger charge is -2.14. The van der Waals surface area contributed by atoms with Gasteiger partial charge in [-0.05, 0) is 17.7 Å². The van der Waals surface area contributed by atoms with Crippen molar-refractivity contribution in [3.8, 4) is 6.07 Å². The van der Waals surface area contributed by atoms with Gasteiger partial charge < -0.3 is 15.2 Å². The van der Waals surface area contributed by atoms with Crippen LogP contribution in [-0.4, -0.2) is 29.8 Å². The van der Waals surface area contributed by atoms with Gasteiger partial charge in [-0.15, -0.1) is 0 Å². The van der Waals surface area contributed by atoms with Gasteiger partial charge in [-0.2, -0.15) is 5.26 Å². The van der Waals surface area contributed by atoms with Gasteiger partial charge in [0.2, 0.25) is 0 Å². The van der Waals surface area contributed by atoms with E-state index in [2.05, 4.69) is 16.6 Å². The van der Waals surface area contributed by atoms with Crippen molar-refractivity contribution in [2.45, 2.75) is 12.5 Å². The predicted molar refractivity (Wildman–Crippen MR) is 71.0 cm³/mol. The van der Waals surface area contributed by atoms with Gasteiger partial charge in [0.05, 0.1) is 11.6 Å². The fourth-order valence-electron chi connectivity index (χ4n) is 1.47. The number of ether oxygens (including phenoxy) is 1. The molecule has 0 radical (unpaired) electrons. The van der Waals surface area contributed by atoms with E-state index in [-0.39, 0.29) is 13.0 Å². The predicted octanol–water partition coefficient (Wildman–Crippen LogP) is 1.47. The number of carbonyl (C=O) groups excluding carboxylic acids is 1. The number of carboxylic acids is 1. The topological polar surface area (TPSA) is 99.4 Å². The standard InChI is InChI=1S/C14H14N2O4/c1-2-7-20-14(19)16-12(13(17)18)8-10-3-5-11(9-15)6-4-10/h2-6,12H,1,7-8H2,(H,16,19)(H,17,18)/t12-/m0/s1. The molecule has 0 aliphatic heterocycles. The van der Waals surface area contributed by atoms with Gasteiger partial charge in [0, 0.05) is 6.42 Å². The average Bonchev–Trinajstić information content (AvgIpc) is 2.45. The minimum atomic E-state index is -1.16. The second-order valence-electron chi connectivity index (χ2n) is 3.94. The number of carbonyl (C=O) groups is 2. The third-order valence-corrected chi connectivity index (χ3v) is 2.45. The molecule has 6 heteroatoms. The van der Waals surface area contributed by atoms with Crippen molar-refractivity contribution in [1.82, 2.24) is 5.32 Å². The summed E-state index contributed by atoms with van der Waals surface area (Å²) in [6, 6.07) is 7.34. The van der Waals surface area contributed by atoms with Crippen molar-refractivity contribution >= 4 is 12.1 Å². The first-order valence-electron chi connectivity index (χ1n) is 5.83. The Balaban J connectivity index is 2.67. The molecule has 1 rings (SSSR count). The van der Waals surface area contributed by atoms with E-state index in [4.69, 9.17) is 10.4 Å². The number of alkyl carbamates (subject to hydrolysis) is 1. The van der Waals surface area contributed by atoms with E-state index in [0.29, 0.717) is 11.1 Å². The van der Waals surface area contributed by atoms with Crippen molar-refractivity contribution in [1.29, 1.82) is 5.26 Å². The van der Waals surface area contributed by atoms with Crippen LogP contribution in [0.4, 0.5) is 4.79 Å². The Morgan fingerprint density at radius 1 is 1.45 bits per heavy atom. The van der Waals surface area contributed by atoms with Crippen molar-refractivity contribution in [3.05, 3.63) is 48.0 Å². The zero-order valence-corrected chi connectivity index (χ0v) is 10.7. The highest BCUT2D eigenvalue weighted by Crippen LogP contribution is 2.07. The van der Waals surface area contributed by atoms with Gasteiger partial charge in [0.1, 0.15) is 12.6 Å². The number of aliphatic carboxylic acids is 1. The number of rotatable bonds is 6. The molecular weight excluding hydrogens is 260 g/mol. The molecule has 0 saturated heterocycles. The highest BCUT2D eigenvalue weighted by atomic mass is 16.5. The Morgan fingerprint density at radius 3 is 2.60 bits per heavy atom. The van der Waals surface area contributed by atoms with Gasteiger partial charge in [0.25, 0.3) is 0 Å². The number of benzene rings is 1. The molecule has 1 aromatic carbocycles. The van der Waals surface area contributed by atoms with Crippen LogP contribution in [0.2, 0.25) is 0 Å². The number of nitrogens with one attached hydrogen (secondary N) is 1. The van der Waals surface area contributed by atoms with Crippen LogP contribution in [0.25, 0.3) is 0 Å². The fraction of sp³-hybridized carbons (Fsp3) is 0.214. The molecule has 1 atom stereocenters. The first-order valence-corrected chi connectivity index (χ1v) is 5.83. The third kappa shape index (κ3) is 4.82. The first kappa shape index (κ1) is 15.2. The van der Waals surface area contributed by atoms with Crippen LogP contribution in [0.15, 0.2) is 36.9 Å². The average molecular weight is 274 g/mol. The summed E-state index contributed by atoms with van der Waals surface area (Å²) in [5, 5.41) is 20.0. The lowest BCUT2D eigenvalue weighted by Crippen LogP contribution is -2.42. The molecular formula is C14H14N2O4. The molecule has 0 saturated carbocycles. The summed E-state index contributed by atoms with van der Waals surface area (Å²) < 4.78 is 4.67. The number of hydrogen-bond acceptors (Lipinski definition) is 4. The first-order chi connectivity index (χ1) is 9.56. The van der Waals surface area contributed by atoms with Gasteiger partial charge in [0.15, 0.2) is 0 Å². The number of nitriles is 1. The van der Waals surface area contributed by atoms with Gasteiger partial charge in [-0.25, -0.2) is 9.59 Å². The lowest BCUT2D eigenvalue weighted by atomic mass is 10.0. The molecule has 6 nitrogen and oxygen atoms in total. The molecule has 0 aliphatic rings. The Labute approximate surface area is 116 Å². The lowest BCUT2D eigenvalue weighted by molar-refractivity contribution is -0.139. The van der Waals surface area contributed by atoms with Crippen LogP contribution >= 0.6 is 0 Å². The largest absolute Gasteiger partial charge is 0.480 e. The highest BCUT2D eigenvalue weighted by molar-refractivity contribution is 5.80. The van der Waals surface area contributed by atoms with Gasteiger partial charge in [-0.3, -0.25) is 0 Å². The van der Waals surface area contributed by atoms with Gasteiger partial charge >= 0.3 is 12.1 Å². The number of hydrogen-bond donors (Lipinski definition) is 2. The molecule has 0 aromatic heterocycles. The van der Waals surface area contributed by atoms with Crippen LogP contribution in [-0.2, 0) is 16.0 Å². The van der Waals surface area contributed by atoms with E-state index >= 15 is 0 Å². The Morgan fingerprint density at radius 2 is 2.10 bits per heavy atom. The Bertz CT molecular complexity index is 531. The van der Waals surface area contributed by atoms with Crippen molar-refractivity contribution < 1.29 is 19.4 Å². The van der Waals surface area contributed by atoms with Crippen LogP contribution in [0.1, 0.15) is 11.1 Å². The van der Waals surface area contributed by atoms with Crippen LogP contribution < -0.4 is 5.32 Å². The summed E-state index contributed by atoms with van der Waals surface area (Å²) in [6.07, 6.45) is 0.672. The maximum Gasteiger partial charge on any atom is 0.408 e. The molecule has 1 aromatic rings. The molecule has 104 valence electrons. The van der Waals surface area contributed by atoms with E-state index in [1.54, 1.807) is 24.3 Å². The zero-order valence-electron chi connectivity index (χ0n) is 10.7. The van der Waals surface area contributed by atoms with Crippen molar-refractivity contribution in [2.75, 3.05) is 6.61 Å². The molecule has 1 amide bonds. The van der Waals surface area contributed by atoms with Gasteiger partial charge in [-0.1, -0.05) is 24.8 Å². The minimum absolute atomic E-state index is 0.00897. The smallest absolute Gasteiger partial charge is 0.408 e. The quantitative estimate of drug-likeness (QED) is 0.765. The van der Waals surface area contributed by atoms with E-state index in [9.17, 15) is 9.59 Å². The van der Waals surface area contributed by atoms with Crippen molar-refractivity contribution in [2.24, 2.45) is 0 Å². The molecule has 0 heterocycles. The molecule has 0 bridgehead atoms. The second-order valence-corrected chi connectivity index (χ2v) is 3.94. The van der Waals surface area contributed by atoms with E-state index < -0.39 is 18.1 Å². The van der Waals surface area contributed by atoms with Crippen LogP contribution in [0, 0.1) is 11.3 Å². The zero-order chi connectivity index (χ0) is 15.0. The Hall–Kier alpha value is -2.81. The van der Waals surface area contributed by atoms with E-state index in [0.717, 1.165) is 0 Å². The monoisotopic (exact) mass is 274 g/mol. The van der Waals surface area contributed by atoms with E-state index in [1.165, 1.54) is 6.08 Å². The third-order valence-electron chi connectivity index (χ3n) is 2.45. The summed E-state index contributed by atoms with van der Waals surface area (Å²) in [4.78, 5) is 22.4. The number of amides is 1. The summed E-state index contributed by atoms with van der Waals surface area (Å²) in [5.41, 5.74) is 1.18. The molecule has 0 fully saturated rings. The molecule has 0 spiro atoms.